The van der Waals surface area contributed by atoms with Crippen molar-refractivity contribution in [3.05, 3.63) is 0 Å². The van der Waals surface area contributed by atoms with Crippen LogP contribution in [0.4, 0.5) is 0 Å². The van der Waals surface area contributed by atoms with Crippen molar-refractivity contribution in [3.63, 3.8) is 0 Å². The van der Waals surface area contributed by atoms with E-state index >= 15 is 0 Å². The van der Waals surface area contributed by atoms with E-state index in [9.17, 15) is 18.0 Å². The second-order valence-corrected chi connectivity index (χ2v) is 13.4. The summed E-state index contributed by atoms with van der Waals surface area (Å²) < 4.78 is 24.2. The molecule has 0 spiro atoms. The van der Waals surface area contributed by atoms with Gasteiger partial charge in [0.05, 0.1) is 5.25 Å². The lowest BCUT2D eigenvalue weighted by Crippen LogP contribution is -2.49. The van der Waals surface area contributed by atoms with Crippen LogP contribution in [0, 0.1) is 17.8 Å². The number of hydrogen-bond donors (Lipinski definition) is 1. The first-order valence-corrected chi connectivity index (χ1v) is 15.3. The summed E-state index contributed by atoms with van der Waals surface area (Å²) in [5, 5.41) is 3.02. The molecule has 0 aliphatic heterocycles. The number of hydrogen-bond acceptors (Lipinski definition) is 4. The Balaban J connectivity index is 1.43. The first-order valence-electron chi connectivity index (χ1n) is 13.6. The van der Waals surface area contributed by atoms with Gasteiger partial charge in [0.25, 0.3) is 0 Å². The van der Waals surface area contributed by atoms with Crippen LogP contribution in [0.1, 0.15) is 104 Å². The number of amides is 2. The Bertz CT molecular complexity index is 754. The third kappa shape index (κ3) is 6.95. The zero-order valence-electron chi connectivity index (χ0n) is 21.1. The minimum atomic E-state index is -2.96. The van der Waals surface area contributed by atoms with Crippen molar-refractivity contribution in [2.75, 3.05) is 12.3 Å². The zero-order chi connectivity index (χ0) is 24.0. The minimum Gasteiger partial charge on any atom is -0.353 e. The summed E-state index contributed by atoms with van der Waals surface area (Å²) in [6.45, 7) is 6.79. The Morgan fingerprint density at radius 3 is 2.15 bits per heavy atom. The number of carbonyl (C=O) groups is 2. The molecule has 3 fully saturated rings. The van der Waals surface area contributed by atoms with Crippen LogP contribution < -0.4 is 5.32 Å². The fourth-order valence-corrected chi connectivity index (χ4v) is 8.04. The number of nitrogens with one attached hydrogen (secondary N) is 1. The first kappa shape index (κ1) is 26.5. The van der Waals surface area contributed by atoms with Gasteiger partial charge in [-0.25, -0.2) is 8.42 Å². The van der Waals surface area contributed by atoms with Gasteiger partial charge in [-0.15, -0.1) is 0 Å². The van der Waals surface area contributed by atoms with Gasteiger partial charge in [-0.1, -0.05) is 33.1 Å². The van der Waals surface area contributed by atoms with E-state index < -0.39 is 9.84 Å². The maximum absolute atomic E-state index is 13.3. The Kier molecular flexibility index (Phi) is 9.66. The van der Waals surface area contributed by atoms with Gasteiger partial charge < -0.3 is 10.2 Å². The van der Waals surface area contributed by atoms with E-state index in [1.807, 2.05) is 0 Å². The van der Waals surface area contributed by atoms with Crippen molar-refractivity contribution >= 4 is 21.7 Å². The molecule has 33 heavy (non-hydrogen) atoms. The molecule has 2 amide bonds. The summed E-state index contributed by atoms with van der Waals surface area (Å²) in [6, 6.07) is 0.571. The second kappa shape index (κ2) is 12.0. The van der Waals surface area contributed by atoms with E-state index in [-0.39, 0.29) is 40.7 Å². The quantitative estimate of drug-likeness (QED) is 0.553. The molecule has 190 valence electrons. The van der Waals surface area contributed by atoms with Crippen LogP contribution in [0.15, 0.2) is 0 Å². The molecule has 0 aromatic carbocycles. The van der Waals surface area contributed by atoms with Crippen molar-refractivity contribution < 1.29 is 18.0 Å². The van der Waals surface area contributed by atoms with Crippen LogP contribution in [0.25, 0.3) is 0 Å². The topological polar surface area (TPSA) is 83.6 Å². The smallest absolute Gasteiger partial charge is 0.226 e. The van der Waals surface area contributed by atoms with E-state index in [0.717, 1.165) is 51.5 Å². The van der Waals surface area contributed by atoms with Crippen LogP contribution in [-0.2, 0) is 19.4 Å². The molecule has 0 aromatic heterocycles. The highest BCUT2D eigenvalue weighted by atomic mass is 32.2. The predicted molar refractivity (Wildman–Crippen MR) is 133 cm³/mol. The maximum Gasteiger partial charge on any atom is 0.226 e. The van der Waals surface area contributed by atoms with Crippen LogP contribution in [0.2, 0.25) is 0 Å². The molecule has 3 unspecified atom stereocenters. The fourth-order valence-electron chi connectivity index (χ4n) is 6.57. The number of rotatable bonds is 8. The first-order chi connectivity index (χ1) is 15.7. The van der Waals surface area contributed by atoms with Gasteiger partial charge in [0.15, 0.2) is 9.84 Å². The molecule has 0 aromatic rings. The Morgan fingerprint density at radius 1 is 0.909 bits per heavy atom. The van der Waals surface area contributed by atoms with Crippen LogP contribution in [-0.4, -0.2) is 54.8 Å². The Morgan fingerprint density at radius 2 is 1.58 bits per heavy atom. The van der Waals surface area contributed by atoms with Gasteiger partial charge in [0, 0.05) is 36.7 Å². The summed E-state index contributed by atoms with van der Waals surface area (Å²) >= 11 is 0. The largest absolute Gasteiger partial charge is 0.353 e. The van der Waals surface area contributed by atoms with Crippen molar-refractivity contribution in [3.8, 4) is 0 Å². The van der Waals surface area contributed by atoms with Gasteiger partial charge in [0.2, 0.25) is 11.8 Å². The molecule has 3 aliphatic carbocycles. The zero-order valence-corrected chi connectivity index (χ0v) is 21.9. The van der Waals surface area contributed by atoms with Gasteiger partial charge >= 0.3 is 0 Å². The van der Waals surface area contributed by atoms with Crippen LogP contribution in [0.3, 0.4) is 0 Å². The fraction of sp³-hybridized carbons (Fsp3) is 0.923. The third-order valence-corrected chi connectivity index (χ3v) is 11.0. The molecule has 3 rings (SSSR count). The Hall–Kier alpha value is -1.11. The molecule has 0 bridgehead atoms. The number of sulfone groups is 1. The highest BCUT2D eigenvalue weighted by molar-refractivity contribution is 7.92. The van der Waals surface area contributed by atoms with Crippen molar-refractivity contribution in [2.45, 2.75) is 122 Å². The summed E-state index contributed by atoms with van der Waals surface area (Å²) in [5.74, 6) is 1.29. The van der Waals surface area contributed by atoms with Crippen molar-refractivity contribution in [1.82, 2.24) is 10.2 Å². The summed E-state index contributed by atoms with van der Waals surface area (Å²) in [5.41, 5.74) is 0. The van der Waals surface area contributed by atoms with E-state index in [0.29, 0.717) is 31.2 Å². The average molecular weight is 483 g/mol. The standard InChI is InChI=1S/C26H46N2O4S/c1-4-28(22-9-7-6-8-10-22)26(30)24-16-13-21(17-19(24)3)27-25(29)18-20-11-14-23(15-12-20)33(31,32)5-2/h19-24H,4-18H2,1-3H3,(H,27,29). The van der Waals surface area contributed by atoms with Gasteiger partial charge in [-0.05, 0) is 76.5 Å². The minimum absolute atomic E-state index is 0.0795. The summed E-state index contributed by atoms with van der Waals surface area (Å²) in [7, 11) is -2.96. The summed E-state index contributed by atoms with van der Waals surface area (Å²) in [6.07, 6.45) is 12.2. The monoisotopic (exact) mass is 482 g/mol. The second-order valence-electron chi connectivity index (χ2n) is 10.9. The van der Waals surface area contributed by atoms with Crippen molar-refractivity contribution in [2.24, 2.45) is 17.8 Å². The van der Waals surface area contributed by atoms with Gasteiger partial charge in [0.1, 0.15) is 0 Å². The van der Waals surface area contributed by atoms with E-state index in [4.69, 9.17) is 0 Å². The molecular weight excluding hydrogens is 436 g/mol. The molecule has 3 aliphatic rings. The van der Waals surface area contributed by atoms with E-state index in [1.54, 1.807) is 6.92 Å². The SMILES string of the molecule is CCN(C(=O)C1CCC(NC(=O)CC2CCC(S(=O)(=O)CC)CC2)CC1C)C1CCCCC1. The number of carbonyl (C=O) groups excluding carboxylic acids is 2. The average Bonchev–Trinajstić information content (AvgIpc) is 2.80. The molecule has 0 saturated heterocycles. The number of nitrogens with zero attached hydrogens (tertiary/aromatic N) is 1. The lowest BCUT2D eigenvalue weighted by atomic mass is 9.76. The lowest BCUT2D eigenvalue weighted by Gasteiger charge is -2.40. The van der Waals surface area contributed by atoms with Gasteiger partial charge in [-0.3, -0.25) is 9.59 Å². The Labute approximate surface area is 201 Å². The molecule has 7 heteroatoms. The van der Waals surface area contributed by atoms with E-state index in [1.165, 1.54) is 19.3 Å². The molecule has 0 radical (unpaired) electrons. The molecule has 6 nitrogen and oxygen atoms in total. The predicted octanol–water partition coefficient (Wildman–Crippen LogP) is 4.47. The molecule has 3 saturated carbocycles. The maximum atomic E-state index is 13.3. The van der Waals surface area contributed by atoms with Crippen LogP contribution in [0.5, 0.6) is 0 Å². The molecule has 1 N–H and O–H groups in total. The molecular formula is C26H46N2O4S. The van der Waals surface area contributed by atoms with Crippen molar-refractivity contribution in [1.29, 1.82) is 0 Å². The van der Waals surface area contributed by atoms with Crippen LogP contribution >= 0.6 is 0 Å². The van der Waals surface area contributed by atoms with E-state index in [2.05, 4.69) is 24.1 Å². The van der Waals surface area contributed by atoms with Gasteiger partial charge in [-0.2, -0.15) is 0 Å². The summed E-state index contributed by atoms with van der Waals surface area (Å²) in [4.78, 5) is 28.2. The lowest BCUT2D eigenvalue weighted by molar-refractivity contribution is -0.141. The highest BCUT2D eigenvalue weighted by Gasteiger charge is 2.37. The normalized spacial score (nSPS) is 31.7. The highest BCUT2D eigenvalue weighted by Crippen LogP contribution is 2.34. The molecule has 0 heterocycles. The third-order valence-electron chi connectivity index (χ3n) is 8.67. The molecule has 3 atom stereocenters.